The van der Waals surface area contributed by atoms with Crippen molar-refractivity contribution in [2.24, 2.45) is 0 Å². The molecule has 4 nitrogen and oxygen atoms in total. The molecule has 1 aliphatic heterocycles. The summed E-state index contributed by atoms with van der Waals surface area (Å²) in [6.45, 7) is 5.21. The van der Waals surface area contributed by atoms with Crippen molar-refractivity contribution in [2.75, 3.05) is 13.2 Å². The number of hydrogen-bond donors (Lipinski definition) is 1. The van der Waals surface area contributed by atoms with Crippen LogP contribution in [0.4, 0.5) is 0 Å². The quantitative estimate of drug-likeness (QED) is 0.839. The lowest BCUT2D eigenvalue weighted by atomic mass is 10.1. The second-order valence-corrected chi connectivity index (χ2v) is 4.42. The smallest absolute Gasteiger partial charge is 0.152 e. The van der Waals surface area contributed by atoms with Gasteiger partial charge in [-0.15, -0.1) is 0 Å². The van der Waals surface area contributed by atoms with Crippen molar-refractivity contribution < 1.29 is 9.53 Å². The summed E-state index contributed by atoms with van der Waals surface area (Å²) in [6, 6.07) is 5.98. The molecular formula is C14H16N2O2. The summed E-state index contributed by atoms with van der Waals surface area (Å²) < 4.78 is 7.73. The van der Waals surface area contributed by atoms with Crippen molar-refractivity contribution in [1.82, 2.24) is 9.88 Å². The van der Waals surface area contributed by atoms with Crippen molar-refractivity contribution >= 4 is 17.2 Å². The van der Waals surface area contributed by atoms with Gasteiger partial charge in [0.25, 0.3) is 0 Å². The van der Waals surface area contributed by atoms with Crippen molar-refractivity contribution in [3.8, 4) is 5.75 Å². The van der Waals surface area contributed by atoms with Gasteiger partial charge in [-0.3, -0.25) is 4.79 Å². The Morgan fingerprint density at radius 3 is 3.17 bits per heavy atom. The molecule has 0 saturated carbocycles. The van der Waals surface area contributed by atoms with E-state index >= 15 is 0 Å². The van der Waals surface area contributed by atoms with Crippen LogP contribution in [-0.2, 0) is 13.1 Å². The minimum Gasteiger partial charge on any atom is -0.494 e. The van der Waals surface area contributed by atoms with Crippen LogP contribution in [-0.4, -0.2) is 24.0 Å². The van der Waals surface area contributed by atoms with Crippen LogP contribution in [0.3, 0.4) is 0 Å². The molecule has 0 saturated heterocycles. The Balaban J connectivity index is 2.24. The molecule has 0 unspecified atom stereocenters. The van der Waals surface area contributed by atoms with Gasteiger partial charge in [0.05, 0.1) is 6.61 Å². The van der Waals surface area contributed by atoms with Gasteiger partial charge >= 0.3 is 0 Å². The summed E-state index contributed by atoms with van der Waals surface area (Å²) in [6.07, 6.45) is 0.955. The first kappa shape index (κ1) is 11.3. The average molecular weight is 244 g/mol. The fourth-order valence-electron chi connectivity index (χ4n) is 2.64. The summed E-state index contributed by atoms with van der Waals surface area (Å²) in [4.78, 5) is 11.3. The van der Waals surface area contributed by atoms with Gasteiger partial charge in [-0.25, -0.2) is 0 Å². The average Bonchev–Trinajstić information content (AvgIpc) is 2.72. The van der Waals surface area contributed by atoms with E-state index < -0.39 is 0 Å². The van der Waals surface area contributed by atoms with E-state index in [9.17, 15) is 4.79 Å². The number of ether oxygens (including phenoxy) is 1. The van der Waals surface area contributed by atoms with Gasteiger partial charge < -0.3 is 14.6 Å². The second-order valence-electron chi connectivity index (χ2n) is 4.42. The minimum atomic E-state index is 0.636. The van der Waals surface area contributed by atoms with Gasteiger partial charge in [-0.05, 0) is 25.1 Å². The molecule has 1 N–H and O–H groups in total. The molecule has 0 aliphatic carbocycles. The van der Waals surface area contributed by atoms with E-state index in [4.69, 9.17) is 4.74 Å². The highest BCUT2D eigenvalue weighted by atomic mass is 16.5. The molecule has 2 aromatic rings. The van der Waals surface area contributed by atoms with E-state index in [2.05, 4.69) is 9.88 Å². The molecule has 0 fully saturated rings. The van der Waals surface area contributed by atoms with E-state index in [1.165, 1.54) is 0 Å². The van der Waals surface area contributed by atoms with Crippen LogP contribution >= 0.6 is 0 Å². The molecule has 3 rings (SSSR count). The highest BCUT2D eigenvalue weighted by Gasteiger charge is 2.19. The molecule has 0 amide bonds. The van der Waals surface area contributed by atoms with E-state index in [1.54, 1.807) is 0 Å². The third-order valence-corrected chi connectivity index (χ3v) is 3.42. The van der Waals surface area contributed by atoms with Crippen molar-refractivity contribution in [2.45, 2.75) is 20.0 Å². The maximum atomic E-state index is 11.3. The lowest BCUT2D eigenvalue weighted by Gasteiger charge is -2.17. The summed E-state index contributed by atoms with van der Waals surface area (Å²) in [5.41, 5.74) is 3.00. The molecule has 0 radical (unpaired) electrons. The van der Waals surface area contributed by atoms with Crippen molar-refractivity contribution in [1.29, 1.82) is 0 Å². The van der Waals surface area contributed by atoms with E-state index in [0.717, 1.165) is 53.8 Å². The number of nitrogens with one attached hydrogen (secondary N) is 1. The fraction of sp³-hybridized carbons (Fsp3) is 0.357. The molecule has 1 aromatic heterocycles. The maximum absolute atomic E-state index is 11.3. The fourth-order valence-corrected chi connectivity index (χ4v) is 2.64. The number of hydrogen-bond acceptors (Lipinski definition) is 3. The maximum Gasteiger partial charge on any atom is 0.152 e. The van der Waals surface area contributed by atoms with Gasteiger partial charge in [-0.1, -0.05) is 0 Å². The van der Waals surface area contributed by atoms with Crippen LogP contribution in [0.5, 0.6) is 5.75 Å². The van der Waals surface area contributed by atoms with Gasteiger partial charge in [0.2, 0.25) is 0 Å². The third kappa shape index (κ3) is 1.61. The number of carbonyl (C=O) groups excluding carboxylic acids is 1. The van der Waals surface area contributed by atoms with Crippen molar-refractivity contribution in [3.05, 3.63) is 29.5 Å². The van der Waals surface area contributed by atoms with Crippen LogP contribution in [0.15, 0.2) is 18.2 Å². The number of nitrogens with zero attached hydrogens (tertiary/aromatic N) is 1. The zero-order valence-corrected chi connectivity index (χ0v) is 10.4. The molecule has 1 aliphatic rings. The largest absolute Gasteiger partial charge is 0.494 e. The predicted molar refractivity (Wildman–Crippen MR) is 70.2 cm³/mol. The minimum absolute atomic E-state index is 0.636. The van der Waals surface area contributed by atoms with Crippen molar-refractivity contribution in [3.63, 3.8) is 0 Å². The Morgan fingerprint density at radius 1 is 1.50 bits per heavy atom. The highest BCUT2D eigenvalue weighted by molar-refractivity contribution is 6.00. The monoisotopic (exact) mass is 244 g/mol. The number of fused-ring (bicyclic) bond motifs is 3. The standard InChI is InChI=1S/C14H16N2O2/c1-2-18-10-3-4-13-11(7-10)12(9-17)14-8-15-5-6-16(13)14/h3-4,7,9,15H,2,5-6,8H2,1H3. The number of aldehydes is 1. The lowest BCUT2D eigenvalue weighted by molar-refractivity contribution is 0.112. The third-order valence-electron chi connectivity index (χ3n) is 3.42. The first-order valence-electron chi connectivity index (χ1n) is 6.29. The summed E-state index contributed by atoms with van der Waals surface area (Å²) >= 11 is 0. The number of aromatic nitrogens is 1. The number of carbonyl (C=O) groups is 1. The van der Waals surface area contributed by atoms with E-state index in [-0.39, 0.29) is 0 Å². The van der Waals surface area contributed by atoms with Crippen LogP contribution in [0.25, 0.3) is 10.9 Å². The lowest BCUT2D eigenvalue weighted by Crippen LogP contribution is -2.28. The Bertz CT molecular complexity index is 601. The van der Waals surface area contributed by atoms with Gasteiger partial charge in [-0.2, -0.15) is 0 Å². The SMILES string of the molecule is CCOc1ccc2c(c1)c(C=O)c1n2CCNC1. The molecule has 94 valence electrons. The Labute approximate surface area is 106 Å². The zero-order valence-electron chi connectivity index (χ0n) is 10.4. The molecular weight excluding hydrogens is 228 g/mol. The Morgan fingerprint density at radius 2 is 2.39 bits per heavy atom. The first-order chi connectivity index (χ1) is 8.85. The second kappa shape index (κ2) is 4.46. The number of benzene rings is 1. The topological polar surface area (TPSA) is 43.3 Å². The molecule has 0 bridgehead atoms. The van der Waals surface area contributed by atoms with Crippen LogP contribution in [0.2, 0.25) is 0 Å². The molecule has 2 heterocycles. The van der Waals surface area contributed by atoms with Crippen LogP contribution in [0.1, 0.15) is 23.0 Å². The van der Waals surface area contributed by atoms with Crippen LogP contribution < -0.4 is 10.1 Å². The predicted octanol–water partition coefficient (Wildman–Crippen LogP) is 1.96. The summed E-state index contributed by atoms with van der Waals surface area (Å²) in [5, 5.41) is 4.30. The molecule has 18 heavy (non-hydrogen) atoms. The summed E-state index contributed by atoms with van der Waals surface area (Å²) in [5.74, 6) is 0.823. The molecule has 1 aromatic carbocycles. The van der Waals surface area contributed by atoms with Crippen LogP contribution in [0, 0.1) is 0 Å². The first-order valence-corrected chi connectivity index (χ1v) is 6.29. The van der Waals surface area contributed by atoms with Gasteiger partial charge in [0.1, 0.15) is 5.75 Å². The highest BCUT2D eigenvalue weighted by Crippen LogP contribution is 2.29. The van der Waals surface area contributed by atoms with E-state index in [1.807, 2.05) is 25.1 Å². The summed E-state index contributed by atoms with van der Waals surface area (Å²) in [7, 11) is 0. The molecule has 0 spiro atoms. The normalized spacial score (nSPS) is 14.5. The molecule has 0 atom stereocenters. The number of rotatable bonds is 3. The Hall–Kier alpha value is -1.81. The zero-order chi connectivity index (χ0) is 12.5. The van der Waals surface area contributed by atoms with E-state index in [0.29, 0.717) is 6.61 Å². The van der Waals surface area contributed by atoms with Gasteiger partial charge in [0, 0.05) is 41.8 Å². The molecule has 4 heteroatoms. The van der Waals surface area contributed by atoms with Gasteiger partial charge in [0.15, 0.2) is 6.29 Å². The Kier molecular flexibility index (Phi) is 2.80.